The molecule has 1 spiro atoms. The van der Waals surface area contributed by atoms with E-state index in [0.717, 1.165) is 30.6 Å². The van der Waals surface area contributed by atoms with Crippen LogP contribution in [0.5, 0.6) is 0 Å². The number of rotatable bonds is 4. The lowest BCUT2D eigenvalue weighted by molar-refractivity contribution is -0.154. The zero-order valence-electron chi connectivity index (χ0n) is 21.0. The largest absolute Gasteiger partial charge is 0.454 e. The van der Waals surface area contributed by atoms with Crippen molar-refractivity contribution in [3.63, 3.8) is 0 Å². The van der Waals surface area contributed by atoms with Gasteiger partial charge in [-0.05, 0) is 60.7 Å². The van der Waals surface area contributed by atoms with Gasteiger partial charge in [-0.1, -0.05) is 41.5 Å². The summed E-state index contributed by atoms with van der Waals surface area (Å²) >= 11 is 0. The molecule has 0 unspecified atom stereocenters. The van der Waals surface area contributed by atoms with Gasteiger partial charge in [0.15, 0.2) is 6.61 Å². The van der Waals surface area contributed by atoms with Gasteiger partial charge in [-0.15, -0.1) is 0 Å². The molecule has 4 aliphatic rings. The molecule has 8 nitrogen and oxygen atoms in total. The third-order valence-corrected chi connectivity index (χ3v) is 8.00. The van der Waals surface area contributed by atoms with Crippen molar-refractivity contribution in [3.8, 4) is 0 Å². The molecule has 0 aromatic heterocycles. The third-order valence-electron chi connectivity index (χ3n) is 8.00. The second-order valence-corrected chi connectivity index (χ2v) is 13.2. The maximum Gasteiger partial charge on any atom is 0.326 e. The van der Waals surface area contributed by atoms with Crippen LogP contribution in [0.1, 0.15) is 80.1 Å². The van der Waals surface area contributed by atoms with E-state index in [1.165, 1.54) is 0 Å². The van der Waals surface area contributed by atoms with Crippen molar-refractivity contribution in [3.05, 3.63) is 0 Å². The van der Waals surface area contributed by atoms with Crippen molar-refractivity contribution in [2.75, 3.05) is 19.7 Å². The van der Waals surface area contributed by atoms with Gasteiger partial charge >= 0.3 is 12.0 Å². The Morgan fingerprint density at radius 2 is 1.67 bits per heavy atom. The summed E-state index contributed by atoms with van der Waals surface area (Å²) in [6, 6.07) is -0.385. The maximum absolute atomic E-state index is 13.2. The Balaban J connectivity index is 1.34. The number of likely N-dealkylation sites (tertiary alicyclic amines) is 1. The first-order chi connectivity index (χ1) is 15.1. The van der Waals surface area contributed by atoms with Gasteiger partial charge in [0, 0.05) is 12.6 Å². The van der Waals surface area contributed by atoms with Gasteiger partial charge in [-0.2, -0.15) is 0 Å². The van der Waals surface area contributed by atoms with E-state index in [-0.39, 0.29) is 46.6 Å². The zero-order valence-corrected chi connectivity index (χ0v) is 21.0. The average Bonchev–Trinajstić information content (AvgIpc) is 3.01. The number of nitrogens with zero attached hydrogens (tertiary/aromatic N) is 2. The van der Waals surface area contributed by atoms with Crippen molar-refractivity contribution < 1.29 is 23.9 Å². The molecule has 0 radical (unpaired) electrons. The average molecular weight is 462 g/mol. The number of carbonyl (C=O) groups is 4. The highest BCUT2D eigenvalue weighted by Gasteiger charge is 2.56. The van der Waals surface area contributed by atoms with Crippen LogP contribution >= 0.6 is 0 Å². The van der Waals surface area contributed by atoms with Crippen LogP contribution in [-0.2, 0) is 19.1 Å². The van der Waals surface area contributed by atoms with Crippen LogP contribution in [0.15, 0.2) is 0 Å². The Bertz CT molecular complexity index is 883. The fourth-order valence-electron chi connectivity index (χ4n) is 7.80. The highest BCUT2D eigenvalue weighted by molar-refractivity contribution is 6.08. The first kappa shape index (κ1) is 24.0. The van der Waals surface area contributed by atoms with E-state index in [1.807, 2.05) is 4.90 Å². The number of carbonyl (C=O) groups excluding carboxylic acids is 4. The molecular formula is C25H39N3O5. The van der Waals surface area contributed by atoms with E-state index in [1.54, 1.807) is 0 Å². The van der Waals surface area contributed by atoms with Gasteiger partial charge in [0.25, 0.3) is 11.8 Å². The Kier molecular flexibility index (Phi) is 5.61. The van der Waals surface area contributed by atoms with Crippen LogP contribution in [0.4, 0.5) is 4.79 Å². The smallest absolute Gasteiger partial charge is 0.326 e. The molecule has 1 N–H and O–H groups in total. The standard InChI is InChI=1S/C25H39N3O5/c1-16-7-22(2,3)14-25(8-16)20(31)27(21(32)26-25)11-19(30)33-12-18(29)28-15-24(6)10-17(28)9-23(4,5)13-24/h16-17H,7-15H2,1-6H3,(H,26,32)/t16-,17+,24-,25-/m0/s1. The molecule has 184 valence electrons. The summed E-state index contributed by atoms with van der Waals surface area (Å²) in [5, 5.41) is 2.86. The fourth-order valence-corrected chi connectivity index (χ4v) is 7.80. The molecule has 8 heteroatoms. The Hall–Kier alpha value is -2.12. The normalized spacial score (nSPS) is 36.8. The quantitative estimate of drug-likeness (QED) is 0.513. The van der Waals surface area contributed by atoms with E-state index in [2.05, 4.69) is 46.9 Å². The van der Waals surface area contributed by atoms with E-state index in [0.29, 0.717) is 19.4 Å². The minimum atomic E-state index is -0.955. The van der Waals surface area contributed by atoms with Crippen LogP contribution in [0.3, 0.4) is 0 Å². The first-order valence-corrected chi connectivity index (χ1v) is 12.2. The van der Waals surface area contributed by atoms with Crippen LogP contribution in [0.2, 0.25) is 0 Å². The van der Waals surface area contributed by atoms with E-state index in [9.17, 15) is 19.2 Å². The maximum atomic E-state index is 13.2. The number of amides is 4. The molecule has 2 bridgehead atoms. The highest BCUT2D eigenvalue weighted by atomic mass is 16.5. The lowest BCUT2D eigenvalue weighted by atomic mass is 9.64. The number of hydrogen-bond donors (Lipinski definition) is 1. The van der Waals surface area contributed by atoms with E-state index < -0.39 is 24.1 Å². The number of imide groups is 1. The van der Waals surface area contributed by atoms with Crippen molar-refractivity contribution in [2.24, 2.45) is 22.2 Å². The minimum Gasteiger partial charge on any atom is -0.454 e. The van der Waals surface area contributed by atoms with Crippen molar-refractivity contribution in [1.29, 1.82) is 0 Å². The summed E-state index contributed by atoms with van der Waals surface area (Å²) in [6.45, 7) is 12.8. The van der Waals surface area contributed by atoms with Crippen LogP contribution in [-0.4, -0.2) is 64.9 Å². The number of hydrogen-bond acceptors (Lipinski definition) is 5. The first-order valence-electron chi connectivity index (χ1n) is 12.2. The molecule has 4 rings (SSSR count). The summed E-state index contributed by atoms with van der Waals surface area (Å²) in [7, 11) is 0. The molecule has 4 fully saturated rings. The van der Waals surface area contributed by atoms with Crippen molar-refractivity contribution >= 4 is 23.8 Å². The van der Waals surface area contributed by atoms with E-state index in [4.69, 9.17) is 4.74 Å². The molecule has 4 atom stereocenters. The fraction of sp³-hybridized carbons (Fsp3) is 0.840. The van der Waals surface area contributed by atoms with Crippen LogP contribution in [0, 0.1) is 22.2 Å². The van der Waals surface area contributed by atoms with Crippen molar-refractivity contribution in [2.45, 2.75) is 91.6 Å². The summed E-state index contributed by atoms with van der Waals surface area (Å²) in [4.78, 5) is 53.9. The summed E-state index contributed by atoms with van der Waals surface area (Å²) in [5.74, 6) is -1.01. The van der Waals surface area contributed by atoms with E-state index >= 15 is 0 Å². The summed E-state index contributed by atoms with van der Waals surface area (Å²) in [5.41, 5.74) is -0.744. The molecule has 2 heterocycles. The monoisotopic (exact) mass is 461 g/mol. The number of fused-ring (bicyclic) bond motifs is 2. The molecule has 4 amide bonds. The van der Waals surface area contributed by atoms with Gasteiger partial charge < -0.3 is 15.0 Å². The lowest BCUT2D eigenvalue weighted by Crippen LogP contribution is -2.54. The Morgan fingerprint density at radius 1 is 1.00 bits per heavy atom. The lowest BCUT2D eigenvalue weighted by Gasteiger charge is -2.43. The molecule has 0 aromatic rings. The second-order valence-electron chi connectivity index (χ2n) is 13.2. The number of urea groups is 1. The number of nitrogens with one attached hydrogen (secondary N) is 1. The van der Waals surface area contributed by atoms with Gasteiger partial charge in [0.2, 0.25) is 0 Å². The van der Waals surface area contributed by atoms with Gasteiger partial charge in [-0.25, -0.2) is 4.79 Å². The van der Waals surface area contributed by atoms with Crippen LogP contribution < -0.4 is 5.32 Å². The molecule has 2 aliphatic heterocycles. The predicted molar refractivity (Wildman–Crippen MR) is 122 cm³/mol. The molecular weight excluding hydrogens is 422 g/mol. The van der Waals surface area contributed by atoms with Crippen molar-refractivity contribution in [1.82, 2.24) is 15.1 Å². The number of ether oxygens (including phenoxy) is 1. The third kappa shape index (κ3) is 4.62. The SMILES string of the molecule is C[C@H]1CC(C)(C)C[C@]2(C1)NC(=O)N(CC(=O)OCC(=O)N1C[C@@]3(C)C[C@H]1CC(C)(C)C3)C2=O. The highest BCUT2D eigenvalue weighted by Crippen LogP contribution is 2.52. The molecule has 2 aliphatic carbocycles. The molecule has 2 saturated heterocycles. The molecule has 33 heavy (non-hydrogen) atoms. The van der Waals surface area contributed by atoms with Gasteiger partial charge in [0.05, 0.1) is 0 Å². The minimum absolute atomic E-state index is 0.0808. The predicted octanol–water partition coefficient (Wildman–Crippen LogP) is 3.09. The Morgan fingerprint density at radius 3 is 2.33 bits per heavy atom. The van der Waals surface area contributed by atoms with Gasteiger partial charge in [0.1, 0.15) is 12.1 Å². The topological polar surface area (TPSA) is 96.0 Å². The second kappa shape index (κ2) is 7.70. The van der Waals surface area contributed by atoms with Gasteiger partial charge in [-0.3, -0.25) is 19.3 Å². The summed E-state index contributed by atoms with van der Waals surface area (Å²) < 4.78 is 5.24. The number of esters is 1. The molecule has 0 aromatic carbocycles. The Labute approximate surface area is 196 Å². The van der Waals surface area contributed by atoms with Crippen LogP contribution in [0.25, 0.3) is 0 Å². The summed E-state index contributed by atoms with van der Waals surface area (Å²) in [6.07, 6.45) is 5.09. The molecule has 2 saturated carbocycles. The zero-order chi connectivity index (χ0) is 24.4.